The number of benzene rings is 2. The number of ether oxygens (including phenoxy) is 1. The van der Waals surface area contributed by atoms with Gasteiger partial charge in [-0.15, -0.1) is 0 Å². The van der Waals surface area contributed by atoms with Crippen LogP contribution in [0.2, 0.25) is 5.02 Å². The van der Waals surface area contributed by atoms with Gasteiger partial charge in [-0.3, -0.25) is 4.79 Å². The van der Waals surface area contributed by atoms with Crippen LogP contribution in [0, 0.1) is 0 Å². The molecular formula is C16H12BrClN4O2. The molecule has 122 valence electrons. The maximum Gasteiger partial charge on any atom is 0.257 e. The molecular weight excluding hydrogens is 396 g/mol. The first-order chi connectivity index (χ1) is 11.6. The predicted molar refractivity (Wildman–Crippen MR) is 95.0 cm³/mol. The Bertz CT molecular complexity index is 884. The van der Waals surface area contributed by atoms with Crippen LogP contribution in [0.25, 0.3) is 5.69 Å². The van der Waals surface area contributed by atoms with Gasteiger partial charge in [-0.1, -0.05) is 17.7 Å². The number of hydrogen-bond acceptors (Lipinski definition) is 4. The van der Waals surface area contributed by atoms with E-state index < -0.39 is 0 Å². The summed E-state index contributed by atoms with van der Waals surface area (Å²) in [4.78, 5) is 16.6. The maximum absolute atomic E-state index is 12.7. The number of rotatable bonds is 4. The lowest BCUT2D eigenvalue weighted by Crippen LogP contribution is -2.15. The highest BCUT2D eigenvalue weighted by molar-refractivity contribution is 9.10. The summed E-state index contributed by atoms with van der Waals surface area (Å²) in [5, 5.41) is 7.37. The third-order valence-electron chi connectivity index (χ3n) is 3.30. The Kier molecular flexibility index (Phi) is 4.82. The lowest BCUT2D eigenvalue weighted by molar-refractivity contribution is 0.102. The Hall–Kier alpha value is -2.38. The molecule has 24 heavy (non-hydrogen) atoms. The predicted octanol–water partition coefficient (Wildman–Crippen LogP) is 3.94. The van der Waals surface area contributed by atoms with Crippen molar-refractivity contribution in [3.8, 4) is 11.4 Å². The van der Waals surface area contributed by atoms with Gasteiger partial charge in [-0.05, 0) is 46.3 Å². The molecule has 1 N–H and O–H groups in total. The number of nitrogens with zero attached hydrogens (tertiary/aromatic N) is 3. The number of halogens is 2. The first kappa shape index (κ1) is 16.5. The number of nitrogens with one attached hydrogen (secondary N) is 1. The molecule has 3 aromatic rings. The second kappa shape index (κ2) is 7.02. The van der Waals surface area contributed by atoms with Crippen molar-refractivity contribution < 1.29 is 9.53 Å². The van der Waals surface area contributed by atoms with Crippen molar-refractivity contribution in [2.75, 3.05) is 12.4 Å². The number of hydrogen-bond donors (Lipinski definition) is 1. The first-order valence-corrected chi connectivity index (χ1v) is 8.05. The van der Waals surface area contributed by atoms with E-state index in [-0.39, 0.29) is 5.91 Å². The molecule has 0 unspecified atom stereocenters. The molecule has 2 aromatic carbocycles. The van der Waals surface area contributed by atoms with Gasteiger partial charge in [0.25, 0.3) is 5.91 Å². The lowest BCUT2D eigenvalue weighted by Gasteiger charge is -2.13. The Labute approximate surface area is 151 Å². The van der Waals surface area contributed by atoms with Crippen molar-refractivity contribution in [1.82, 2.24) is 14.8 Å². The Balaban J connectivity index is 1.98. The Morgan fingerprint density at radius 2 is 2.17 bits per heavy atom. The van der Waals surface area contributed by atoms with Gasteiger partial charge in [-0.25, -0.2) is 9.67 Å². The standard InChI is InChI=1S/C16H12BrClN4O2/c1-24-10-5-6-12(17)11(7-10)16(23)21-14-4-2-3-13(18)15(14)22-9-19-8-20-22/h2-9H,1H3,(H,21,23). The van der Waals surface area contributed by atoms with Crippen molar-refractivity contribution in [2.45, 2.75) is 0 Å². The van der Waals surface area contributed by atoms with Crippen LogP contribution in [0.4, 0.5) is 5.69 Å². The second-order valence-electron chi connectivity index (χ2n) is 4.78. The van der Waals surface area contributed by atoms with E-state index in [2.05, 4.69) is 31.3 Å². The van der Waals surface area contributed by atoms with Gasteiger partial charge in [0.1, 0.15) is 24.1 Å². The van der Waals surface area contributed by atoms with Crippen molar-refractivity contribution in [1.29, 1.82) is 0 Å². The zero-order valence-electron chi connectivity index (χ0n) is 12.5. The van der Waals surface area contributed by atoms with Gasteiger partial charge in [-0.2, -0.15) is 5.10 Å². The summed E-state index contributed by atoms with van der Waals surface area (Å²) in [6.45, 7) is 0. The van der Waals surface area contributed by atoms with E-state index in [4.69, 9.17) is 16.3 Å². The van der Waals surface area contributed by atoms with Crippen molar-refractivity contribution in [3.05, 3.63) is 64.1 Å². The molecule has 1 aromatic heterocycles. The van der Waals surface area contributed by atoms with E-state index in [0.29, 0.717) is 32.2 Å². The fourth-order valence-corrected chi connectivity index (χ4v) is 2.86. The van der Waals surface area contributed by atoms with Crippen molar-refractivity contribution in [3.63, 3.8) is 0 Å². The van der Waals surface area contributed by atoms with Crippen LogP contribution in [0.15, 0.2) is 53.5 Å². The van der Waals surface area contributed by atoms with E-state index in [0.717, 1.165) is 0 Å². The number of carbonyl (C=O) groups is 1. The number of methoxy groups -OCH3 is 1. The SMILES string of the molecule is COc1ccc(Br)c(C(=O)Nc2cccc(Cl)c2-n2cncn2)c1. The minimum atomic E-state index is -0.301. The molecule has 0 bridgehead atoms. The molecule has 6 nitrogen and oxygen atoms in total. The smallest absolute Gasteiger partial charge is 0.257 e. The molecule has 0 atom stereocenters. The Morgan fingerprint density at radius 3 is 2.88 bits per heavy atom. The summed E-state index contributed by atoms with van der Waals surface area (Å²) < 4.78 is 7.32. The molecule has 1 heterocycles. The van der Waals surface area contributed by atoms with Gasteiger partial charge < -0.3 is 10.1 Å². The summed E-state index contributed by atoms with van der Waals surface area (Å²) in [5.41, 5.74) is 1.51. The highest BCUT2D eigenvalue weighted by atomic mass is 79.9. The van der Waals surface area contributed by atoms with E-state index >= 15 is 0 Å². The largest absolute Gasteiger partial charge is 0.497 e. The van der Waals surface area contributed by atoms with Crippen LogP contribution >= 0.6 is 27.5 Å². The van der Waals surface area contributed by atoms with Gasteiger partial charge in [0.05, 0.1) is 23.4 Å². The lowest BCUT2D eigenvalue weighted by atomic mass is 10.2. The molecule has 0 fully saturated rings. The quantitative estimate of drug-likeness (QED) is 0.711. The van der Waals surface area contributed by atoms with Crippen LogP contribution in [-0.2, 0) is 0 Å². The number of carbonyl (C=O) groups excluding carboxylic acids is 1. The molecule has 0 saturated heterocycles. The van der Waals surface area contributed by atoms with Crippen LogP contribution in [0.1, 0.15) is 10.4 Å². The fraction of sp³-hybridized carbons (Fsp3) is 0.0625. The zero-order valence-corrected chi connectivity index (χ0v) is 14.9. The van der Waals surface area contributed by atoms with Gasteiger partial charge in [0.15, 0.2) is 0 Å². The minimum Gasteiger partial charge on any atom is -0.497 e. The summed E-state index contributed by atoms with van der Waals surface area (Å²) in [6.07, 6.45) is 2.91. The van der Waals surface area contributed by atoms with Gasteiger partial charge in [0, 0.05) is 4.47 Å². The maximum atomic E-state index is 12.7. The first-order valence-electron chi connectivity index (χ1n) is 6.88. The Morgan fingerprint density at radius 1 is 1.33 bits per heavy atom. The summed E-state index contributed by atoms with van der Waals surface area (Å²) in [5.74, 6) is 0.287. The zero-order chi connectivity index (χ0) is 17.1. The topological polar surface area (TPSA) is 69.0 Å². The highest BCUT2D eigenvalue weighted by Crippen LogP contribution is 2.29. The molecule has 0 aliphatic carbocycles. The third-order valence-corrected chi connectivity index (χ3v) is 4.30. The summed E-state index contributed by atoms with van der Waals surface area (Å²) in [7, 11) is 1.55. The van der Waals surface area contributed by atoms with E-state index in [1.54, 1.807) is 43.5 Å². The number of amides is 1. The van der Waals surface area contributed by atoms with Crippen LogP contribution in [-0.4, -0.2) is 27.8 Å². The molecule has 0 aliphatic heterocycles. The number of aromatic nitrogens is 3. The van der Waals surface area contributed by atoms with Crippen LogP contribution < -0.4 is 10.1 Å². The van der Waals surface area contributed by atoms with E-state index in [1.165, 1.54) is 17.3 Å². The van der Waals surface area contributed by atoms with Crippen LogP contribution in [0.3, 0.4) is 0 Å². The number of anilines is 1. The average molecular weight is 408 g/mol. The summed E-state index contributed by atoms with van der Waals surface area (Å²) >= 11 is 9.64. The van der Waals surface area contributed by atoms with E-state index in [1.807, 2.05) is 0 Å². The number of para-hydroxylation sites is 1. The van der Waals surface area contributed by atoms with E-state index in [9.17, 15) is 4.79 Å². The average Bonchev–Trinajstić information content (AvgIpc) is 3.09. The molecule has 1 amide bonds. The monoisotopic (exact) mass is 406 g/mol. The second-order valence-corrected chi connectivity index (χ2v) is 6.04. The summed E-state index contributed by atoms with van der Waals surface area (Å²) in [6, 6.07) is 10.4. The molecule has 8 heteroatoms. The van der Waals surface area contributed by atoms with Crippen molar-refractivity contribution in [2.24, 2.45) is 0 Å². The van der Waals surface area contributed by atoms with Gasteiger partial charge in [0.2, 0.25) is 0 Å². The normalized spacial score (nSPS) is 10.5. The molecule has 0 spiro atoms. The van der Waals surface area contributed by atoms with Crippen LogP contribution in [0.5, 0.6) is 5.75 Å². The minimum absolute atomic E-state index is 0.301. The molecule has 0 aliphatic rings. The third kappa shape index (κ3) is 3.27. The molecule has 0 radical (unpaired) electrons. The highest BCUT2D eigenvalue weighted by Gasteiger charge is 2.16. The van der Waals surface area contributed by atoms with Gasteiger partial charge >= 0.3 is 0 Å². The van der Waals surface area contributed by atoms with Crippen molar-refractivity contribution >= 4 is 39.1 Å². The fourth-order valence-electron chi connectivity index (χ4n) is 2.17. The molecule has 3 rings (SSSR count). The molecule has 0 saturated carbocycles.